The summed E-state index contributed by atoms with van der Waals surface area (Å²) < 4.78 is 1.76. The highest BCUT2D eigenvalue weighted by molar-refractivity contribution is 7.11. The second-order valence-electron chi connectivity index (χ2n) is 4.14. The van der Waals surface area contributed by atoms with Crippen molar-refractivity contribution in [2.45, 2.75) is 13.1 Å². The highest BCUT2D eigenvalue weighted by Crippen LogP contribution is 2.12. The van der Waals surface area contributed by atoms with Crippen LogP contribution in [-0.4, -0.2) is 37.8 Å². The van der Waals surface area contributed by atoms with Gasteiger partial charge in [0.1, 0.15) is 0 Å². The molecule has 0 atom stereocenters. The standard InChI is InChI=1S/C11H14N4O2S/c1-14(4-8-3-12-15(2)5-8)6-9-7-18-10(13-9)11(16)17/h3,5,7H,4,6H2,1-2H3,(H,16,17). The second kappa shape index (κ2) is 5.28. The Morgan fingerprint density at radius 1 is 1.56 bits per heavy atom. The van der Waals surface area contributed by atoms with E-state index in [1.165, 1.54) is 0 Å². The van der Waals surface area contributed by atoms with Gasteiger partial charge in [0, 0.05) is 37.3 Å². The fourth-order valence-corrected chi connectivity index (χ4v) is 2.32. The molecule has 0 saturated heterocycles. The van der Waals surface area contributed by atoms with Crippen LogP contribution in [0.2, 0.25) is 0 Å². The highest BCUT2D eigenvalue weighted by Gasteiger charge is 2.10. The van der Waals surface area contributed by atoms with Crippen molar-refractivity contribution in [1.29, 1.82) is 0 Å². The quantitative estimate of drug-likeness (QED) is 0.880. The number of carboxylic acid groups (broad SMARTS) is 1. The summed E-state index contributed by atoms with van der Waals surface area (Å²) in [7, 11) is 3.84. The lowest BCUT2D eigenvalue weighted by Crippen LogP contribution is -2.17. The molecule has 2 heterocycles. The van der Waals surface area contributed by atoms with Gasteiger partial charge in [0.25, 0.3) is 0 Å². The molecule has 0 saturated carbocycles. The minimum absolute atomic E-state index is 0.139. The molecule has 0 aliphatic heterocycles. The summed E-state index contributed by atoms with van der Waals surface area (Å²) >= 11 is 1.16. The lowest BCUT2D eigenvalue weighted by atomic mass is 10.3. The predicted octanol–water partition coefficient (Wildman–Crippen LogP) is 1.21. The zero-order chi connectivity index (χ0) is 13.1. The maximum atomic E-state index is 10.7. The van der Waals surface area contributed by atoms with Gasteiger partial charge < -0.3 is 5.11 Å². The van der Waals surface area contributed by atoms with Gasteiger partial charge >= 0.3 is 5.97 Å². The number of hydrogen-bond donors (Lipinski definition) is 1. The van der Waals surface area contributed by atoms with E-state index in [2.05, 4.69) is 15.0 Å². The Kier molecular flexibility index (Phi) is 3.73. The molecule has 0 bridgehead atoms. The van der Waals surface area contributed by atoms with Crippen LogP contribution in [-0.2, 0) is 20.1 Å². The van der Waals surface area contributed by atoms with Gasteiger partial charge in [0.2, 0.25) is 5.01 Å². The lowest BCUT2D eigenvalue weighted by Gasteiger charge is -2.13. The Balaban J connectivity index is 1.94. The molecule has 0 unspecified atom stereocenters. The Labute approximate surface area is 108 Å². The minimum atomic E-state index is -0.971. The molecule has 2 rings (SSSR count). The first-order chi connectivity index (χ1) is 8.54. The number of thiazole rings is 1. The summed E-state index contributed by atoms with van der Waals surface area (Å²) in [6, 6.07) is 0. The fourth-order valence-electron chi connectivity index (χ4n) is 1.68. The Bertz CT molecular complexity index is 549. The molecule has 0 aliphatic carbocycles. The third-order valence-electron chi connectivity index (χ3n) is 2.38. The van der Waals surface area contributed by atoms with Gasteiger partial charge in [-0.15, -0.1) is 11.3 Å². The number of hydrogen-bond acceptors (Lipinski definition) is 5. The molecule has 0 amide bonds. The molecule has 6 nitrogen and oxygen atoms in total. The number of carbonyl (C=O) groups is 1. The van der Waals surface area contributed by atoms with E-state index in [4.69, 9.17) is 5.11 Å². The first-order valence-electron chi connectivity index (χ1n) is 5.38. The van der Waals surface area contributed by atoms with Crippen LogP contribution in [0.15, 0.2) is 17.8 Å². The number of aromatic nitrogens is 3. The smallest absolute Gasteiger partial charge is 0.365 e. The van der Waals surface area contributed by atoms with Gasteiger partial charge in [-0.3, -0.25) is 9.58 Å². The van der Waals surface area contributed by atoms with Crippen LogP contribution >= 0.6 is 11.3 Å². The predicted molar refractivity (Wildman–Crippen MR) is 67.5 cm³/mol. The van der Waals surface area contributed by atoms with Crippen LogP contribution < -0.4 is 0 Å². The zero-order valence-corrected chi connectivity index (χ0v) is 11.0. The van der Waals surface area contributed by atoms with Crippen molar-refractivity contribution < 1.29 is 9.90 Å². The molecule has 0 aromatic carbocycles. The Morgan fingerprint density at radius 2 is 2.33 bits per heavy atom. The summed E-state index contributed by atoms with van der Waals surface area (Å²) in [5.74, 6) is -0.971. The van der Waals surface area contributed by atoms with Crippen molar-refractivity contribution in [3.63, 3.8) is 0 Å². The van der Waals surface area contributed by atoms with Crippen LogP contribution in [0.1, 0.15) is 21.1 Å². The van der Waals surface area contributed by atoms with Gasteiger partial charge in [0.05, 0.1) is 11.9 Å². The Hall–Kier alpha value is -1.73. The van der Waals surface area contributed by atoms with Gasteiger partial charge in [-0.05, 0) is 7.05 Å². The van der Waals surface area contributed by atoms with E-state index in [9.17, 15) is 4.79 Å². The molecule has 0 aliphatic rings. The molecular formula is C11H14N4O2S. The van der Waals surface area contributed by atoms with Crippen LogP contribution in [0.4, 0.5) is 0 Å². The molecule has 18 heavy (non-hydrogen) atoms. The van der Waals surface area contributed by atoms with E-state index in [0.29, 0.717) is 6.54 Å². The van der Waals surface area contributed by atoms with Crippen molar-refractivity contribution >= 4 is 17.3 Å². The van der Waals surface area contributed by atoms with Crippen molar-refractivity contribution in [2.75, 3.05) is 7.05 Å². The van der Waals surface area contributed by atoms with E-state index < -0.39 is 5.97 Å². The molecule has 0 radical (unpaired) electrons. The van der Waals surface area contributed by atoms with Gasteiger partial charge in [-0.25, -0.2) is 9.78 Å². The third kappa shape index (κ3) is 3.14. The van der Waals surface area contributed by atoms with Crippen molar-refractivity contribution in [3.8, 4) is 0 Å². The summed E-state index contributed by atoms with van der Waals surface area (Å²) in [5, 5.41) is 14.8. The number of carboxylic acids is 1. The van der Waals surface area contributed by atoms with Crippen molar-refractivity contribution in [1.82, 2.24) is 19.7 Å². The van der Waals surface area contributed by atoms with Gasteiger partial charge in [-0.2, -0.15) is 5.10 Å². The first kappa shape index (κ1) is 12.7. The maximum Gasteiger partial charge on any atom is 0.365 e. The summed E-state index contributed by atoms with van der Waals surface area (Å²) in [6.07, 6.45) is 3.78. The monoisotopic (exact) mass is 266 g/mol. The van der Waals surface area contributed by atoms with Crippen molar-refractivity contribution in [3.05, 3.63) is 34.0 Å². The number of aryl methyl sites for hydroxylation is 1. The normalized spacial score (nSPS) is 11.1. The second-order valence-corrected chi connectivity index (χ2v) is 5.00. The molecule has 2 aromatic rings. The molecule has 2 aromatic heterocycles. The SMILES string of the molecule is CN(Cc1cnn(C)c1)Cc1csc(C(=O)O)n1. The van der Waals surface area contributed by atoms with Crippen LogP contribution in [0, 0.1) is 0 Å². The molecule has 96 valence electrons. The van der Waals surface area contributed by atoms with E-state index >= 15 is 0 Å². The van der Waals surface area contributed by atoms with E-state index in [1.807, 2.05) is 26.5 Å². The van der Waals surface area contributed by atoms with Crippen LogP contribution in [0.5, 0.6) is 0 Å². The summed E-state index contributed by atoms with van der Waals surface area (Å²) in [4.78, 5) is 16.8. The van der Waals surface area contributed by atoms with E-state index in [0.717, 1.165) is 29.1 Å². The van der Waals surface area contributed by atoms with Crippen LogP contribution in [0.3, 0.4) is 0 Å². The largest absolute Gasteiger partial charge is 0.476 e. The topological polar surface area (TPSA) is 71.2 Å². The third-order valence-corrected chi connectivity index (χ3v) is 3.26. The molecular weight excluding hydrogens is 252 g/mol. The average Bonchev–Trinajstić information content (AvgIpc) is 2.88. The summed E-state index contributed by atoms with van der Waals surface area (Å²) in [5.41, 5.74) is 1.90. The van der Waals surface area contributed by atoms with E-state index in [-0.39, 0.29) is 5.01 Å². The number of nitrogens with zero attached hydrogens (tertiary/aromatic N) is 4. The fraction of sp³-hybridized carbons (Fsp3) is 0.364. The highest BCUT2D eigenvalue weighted by atomic mass is 32.1. The first-order valence-corrected chi connectivity index (χ1v) is 6.26. The van der Waals surface area contributed by atoms with Crippen LogP contribution in [0.25, 0.3) is 0 Å². The number of rotatable bonds is 5. The Morgan fingerprint density at radius 3 is 2.89 bits per heavy atom. The van der Waals surface area contributed by atoms with Gasteiger partial charge in [-0.1, -0.05) is 0 Å². The molecule has 0 spiro atoms. The maximum absolute atomic E-state index is 10.7. The number of aromatic carboxylic acids is 1. The molecule has 1 N–H and O–H groups in total. The van der Waals surface area contributed by atoms with Crippen molar-refractivity contribution in [2.24, 2.45) is 7.05 Å². The summed E-state index contributed by atoms with van der Waals surface area (Å²) in [6.45, 7) is 1.38. The molecule has 7 heteroatoms. The van der Waals surface area contributed by atoms with Gasteiger partial charge in [0.15, 0.2) is 0 Å². The lowest BCUT2D eigenvalue weighted by molar-refractivity contribution is 0.0696. The zero-order valence-electron chi connectivity index (χ0n) is 10.2. The van der Waals surface area contributed by atoms with E-state index in [1.54, 1.807) is 10.1 Å². The molecule has 0 fully saturated rings. The average molecular weight is 266 g/mol. The minimum Gasteiger partial charge on any atom is -0.476 e.